The molecule has 17 heavy (non-hydrogen) atoms. The zero-order valence-electron chi connectivity index (χ0n) is 11.9. The molecule has 0 bridgehead atoms. The topological polar surface area (TPSA) is 44.8 Å². The Labute approximate surface area is 107 Å². The lowest BCUT2D eigenvalue weighted by atomic mass is 9.73. The molecule has 1 unspecified atom stereocenters. The number of ether oxygens (including phenoxy) is 2. The highest BCUT2D eigenvalue weighted by atomic mass is 28.2. The maximum Gasteiger partial charge on any atom is 0.193 e. The Kier molecular flexibility index (Phi) is 3.89. The molecule has 1 aliphatic heterocycles. The maximum absolute atomic E-state index is 12.3. The van der Waals surface area contributed by atoms with Crippen LogP contribution in [-0.2, 0) is 18.7 Å². The number of hydrogen-bond donors (Lipinski definition) is 0. The van der Waals surface area contributed by atoms with Crippen molar-refractivity contribution in [1.82, 2.24) is 0 Å². The van der Waals surface area contributed by atoms with Crippen LogP contribution in [0.1, 0.15) is 41.5 Å². The molecule has 0 radical (unpaired) electrons. The van der Waals surface area contributed by atoms with Gasteiger partial charge in [0.15, 0.2) is 11.6 Å². The van der Waals surface area contributed by atoms with Crippen LogP contribution in [0.4, 0.5) is 0 Å². The lowest BCUT2D eigenvalue weighted by molar-refractivity contribution is -0.333. The first-order valence-electron chi connectivity index (χ1n) is 5.97. The molecule has 0 aromatic heterocycles. The summed E-state index contributed by atoms with van der Waals surface area (Å²) in [6, 6.07) is 0. The van der Waals surface area contributed by atoms with E-state index in [-0.39, 0.29) is 11.2 Å². The van der Waals surface area contributed by atoms with E-state index < -0.39 is 17.5 Å². The Morgan fingerprint density at radius 2 is 1.94 bits per heavy atom. The molecular weight excluding hydrogens is 236 g/mol. The first-order chi connectivity index (χ1) is 7.56. The van der Waals surface area contributed by atoms with E-state index in [0.717, 1.165) is 0 Å². The van der Waals surface area contributed by atoms with Gasteiger partial charge in [-0.15, -0.1) is 0 Å². The van der Waals surface area contributed by atoms with Crippen LogP contribution in [0.25, 0.3) is 0 Å². The van der Waals surface area contributed by atoms with E-state index in [1.807, 2.05) is 34.6 Å². The van der Waals surface area contributed by atoms with E-state index in [9.17, 15) is 4.79 Å². The molecule has 5 heteroatoms. The van der Waals surface area contributed by atoms with E-state index in [1.54, 1.807) is 6.92 Å². The van der Waals surface area contributed by atoms with Crippen molar-refractivity contribution in [2.45, 2.75) is 59.0 Å². The van der Waals surface area contributed by atoms with Gasteiger partial charge in [-0.25, -0.2) is 0 Å². The van der Waals surface area contributed by atoms with Crippen LogP contribution in [-0.4, -0.2) is 40.4 Å². The minimum Gasteiger partial charge on any atom is -0.422 e. The second kappa shape index (κ2) is 4.46. The number of carbonyl (C=O) groups is 1. The molecule has 100 valence electrons. The van der Waals surface area contributed by atoms with Crippen molar-refractivity contribution in [2.75, 3.05) is 6.61 Å². The zero-order chi connectivity index (χ0) is 13.5. The van der Waals surface area contributed by atoms with Crippen LogP contribution in [0.3, 0.4) is 0 Å². The molecule has 1 heterocycles. The molecule has 4 nitrogen and oxygen atoms in total. The second-order valence-corrected chi connectivity index (χ2v) is 6.65. The number of Topliss-reactive ketones (excluding diaryl/α,β-unsaturated/α-hetero) is 1. The standard InChI is InChI=1S/C12H24O4Si/c1-8-9(13)12(6,10(2,3)4)16-11(5,15-8)7-14-17/h8H,7H2,1-6,17H3/t8?,11-,12-/m1/s1. The normalized spacial score (nSPS) is 39.6. The van der Waals surface area contributed by atoms with Gasteiger partial charge >= 0.3 is 0 Å². The largest absolute Gasteiger partial charge is 0.422 e. The predicted octanol–water partition coefficient (Wildman–Crippen LogP) is 0.809. The Morgan fingerprint density at radius 3 is 2.35 bits per heavy atom. The fourth-order valence-corrected chi connectivity index (χ4v) is 2.69. The van der Waals surface area contributed by atoms with E-state index in [1.165, 1.54) is 0 Å². The summed E-state index contributed by atoms with van der Waals surface area (Å²) in [5.74, 6) is -0.840. The third-order valence-electron chi connectivity index (χ3n) is 3.52. The van der Waals surface area contributed by atoms with Crippen LogP contribution >= 0.6 is 0 Å². The van der Waals surface area contributed by atoms with Gasteiger partial charge in [-0.1, -0.05) is 20.8 Å². The molecule has 0 amide bonds. The molecule has 1 aliphatic rings. The van der Waals surface area contributed by atoms with Crippen molar-refractivity contribution in [3.63, 3.8) is 0 Å². The van der Waals surface area contributed by atoms with Crippen LogP contribution in [0.5, 0.6) is 0 Å². The Hall–Kier alpha value is -0.233. The highest BCUT2D eigenvalue weighted by Crippen LogP contribution is 2.42. The lowest BCUT2D eigenvalue weighted by Gasteiger charge is -2.51. The quantitative estimate of drug-likeness (QED) is 0.689. The molecule has 0 N–H and O–H groups in total. The van der Waals surface area contributed by atoms with Gasteiger partial charge in [-0.2, -0.15) is 0 Å². The van der Waals surface area contributed by atoms with Crippen LogP contribution in [0.15, 0.2) is 0 Å². The van der Waals surface area contributed by atoms with Crippen molar-refractivity contribution < 1.29 is 18.7 Å². The van der Waals surface area contributed by atoms with Crippen LogP contribution < -0.4 is 0 Å². The molecule has 0 aromatic carbocycles. The smallest absolute Gasteiger partial charge is 0.193 e. The van der Waals surface area contributed by atoms with Crippen LogP contribution in [0.2, 0.25) is 0 Å². The fourth-order valence-electron chi connectivity index (χ4n) is 2.17. The van der Waals surface area contributed by atoms with Gasteiger partial charge in [-0.05, 0) is 26.2 Å². The van der Waals surface area contributed by atoms with Crippen molar-refractivity contribution >= 4 is 16.3 Å². The SMILES string of the molecule is CC1O[C@@](C)(CO[SiH3])O[C@@](C)(C(C)(C)C)C1=O. The van der Waals surface area contributed by atoms with Gasteiger partial charge in [0, 0.05) is 0 Å². The lowest BCUT2D eigenvalue weighted by Crippen LogP contribution is -2.64. The molecule has 3 atom stereocenters. The molecular formula is C12H24O4Si. The molecule has 0 aromatic rings. The Bertz CT molecular complexity index is 312. The summed E-state index contributed by atoms with van der Waals surface area (Å²) < 4.78 is 16.9. The Morgan fingerprint density at radius 1 is 1.41 bits per heavy atom. The number of rotatable bonds is 2. The van der Waals surface area contributed by atoms with E-state index in [2.05, 4.69) is 0 Å². The summed E-state index contributed by atoms with van der Waals surface area (Å²) in [4.78, 5) is 12.3. The molecule has 1 fully saturated rings. The van der Waals surface area contributed by atoms with Crippen molar-refractivity contribution in [3.05, 3.63) is 0 Å². The maximum atomic E-state index is 12.3. The predicted molar refractivity (Wildman–Crippen MR) is 68.8 cm³/mol. The zero-order valence-corrected chi connectivity index (χ0v) is 13.9. The van der Waals surface area contributed by atoms with Crippen molar-refractivity contribution in [1.29, 1.82) is 0 Å². The van der Waals surface area contributed by atoms with Crippen molar-refractivity contribution in [3.8, 4) is 0 Å². The summed E-state index contributed by atoms with van der Waals surface area (Å²) in [6.07, 6.45) is -0.463. The molecule has 1 saturated heterocycles. The van der Waals surface area contributed by atoms with Gasteiger partial charge in [0.1, 0.15) is 22.2 Å². The average Bonchev–Trinajstić information content (AvgIpc) is 2.12. The summed E-state index contributed by atoms with van der Waals surface area (Å²) in [6.45, 7) is 11.8. The minimum absolute atomic E-state index is 0.00387. The average molecular weight is 260 g/mol. The molecule has 0 aliphatic carbocycles. The second-order valence-electron chi connectivity index (χ2n) is 6.08. The number of ketones is 1. The van der Waals surface area contributed by atoms with E-state index in [4.69, 9.17) is 13.9 Å². The van der Waals surface area contributed by atoms with Gasteiger partial charge in [0.2, 0.25) is 0 Å². The summed E-state index contributed by atoms with van der Waals surface area (Å²) >= 11 is 0. The summed E-state index contributed by atoms with van der Waals surface area (Å²) in [5.41, 5.74) is -1.13. The third-order valence-corrected chi connectivity index (χ3v) is 3.81. The number of carbonyl (C=O) groups excluding carboxylic acids is 1. The van der Waals surface area contributed by atoms with Gasteiger partial charge in [0.25, 0.3) is 0 Å². The highest BCUT2D eigenvalue weighted by Gasteiger charge is 2.56. The number of hydrogen-bond acceptors (Lipinski definition) is 4. The van der Waals surface area contributed by atoms with Crippen molar-refractivity contribution in [2.24, 2.45) is 5.41 Å². The third kappa shape index (κ3) is 2.62. The first-order valence-corrected chi connectivity index (χ1v) is 6.79. The molecule has 1 rings (SSSR count). The Balaban J connectivity index is 3.09. The summed E-state index contributed by atoms with van der Waals surface area (Å²) in [5, 5.41) is 0. The molecule has 0 spiro atoms. The fraction of sp³-hybridized carbons (Fsp3) is 0.917. The van der Waals surface area contributed by atoms with E-state index >= 15 is 0 Å². The minimum atomic E-state index is -0.848. The van der Waals surface area contributed by atoms with Gasteiger partial charge < -0.3 is 13.9 Å². The summed E-state index contributed by atoms with van der Waals surface area (Å²) in [7, 11) is 0.622. The highest BCUT2D eigenvalue weighted by molar-refractivity contribution is 5.98. The van der Waals surface area contributed by atoms with E-state index in [0.29, 0.717) is 17.1 Å². The molecule has 0 saturated carbocycles. The van der Waals surface area contributed by atoms with Crippen LogP contribution in [0, 0.1) is 5.41 Å². The first kappa shape index (κ1) is 14.8. The monoisotopic (exact) mass is 260 g/mol. The van der Waals surface area contributed by atoms with Gasteiger partial charge in [-0.3, -0.25) is 4.79 Å². The van der Waals surface area contributed by atoms with Gasteiger partial charge in [0.05, 0.1) is 6.61 Å².